The third kappa shape index (κ3) is 3.63. The molecule has 24 heavy (non-hydrogen) atoms. The van der Waals surface area contributed by atoms with Crippen molar-refractivity contribution in [2.75, 3.05) is 0 Å². The molecule has 0 amide bonds. The monoisotopic (exact) mass is 352 g/mol. The first-order chi connectivity index (χ1) is 11.6. The summed E-state index contributed by atoms with van der Waals surface area (Å²) in [5.41, 5.74) is 0.680. The highest BCUT2D eigenvalue weighted by molar-refractivity contribution is 6.30. The van der Waals surface area contributed by atoms with E-state index in [-0.39, 0.29) is 0 Å². The minimum atomic E-state index is -1.45. The van der Waals surface area contributed by atoms with Crippen molar-refractivity contribution in [2.45, 2.75) is 5.60 Å². The van der Waals surface area contributed by atoms with Crippen molar-refractivity contribution in [3.8, 4) is 11.8 Å². The molecule has 0 saturated heterocycles. The maximum Gasteiger partial charge on any atom is 0.177 e. The maximum atomic E-state index is 11.3. The Morgan fingerprint density at radius 1 is 0.667 bits per heavy atom. The third-order valence-electron chi connectivity index (χ3n) is 3.69. The molecule has 0 aliphatic heterocycles. The van der Waals surface area contributed by atoms with Gasteiger partial charge in [0.15, 0.2) is 5.60 Å². The summed E-state index contributed by atoms with van der Waals surface area (Å²) < 4.78 is 0. The molecule has 0 atom stereocenters. The van der Waals surface area contributed by atoms with Gasteiger partial charge in [0.2, 0.25) is 0 Å². The Hall–Kier alpha value is -2.24. The van der Waals surface area contributed by atoms with Crippen molar-refractivity contribution >= 4 is 23.2 Å². The smallest absolute Gasteiger partial charge is 0.177 e. The molecule has 0 fully saturated rings. The van der Waals surface area contributed by atoms with Gasteiger partial charge in [0.1, 0.15) is 0 Å². The summed E-state index contributed by atoms with van der Waals surface area (Å²) in [6.45, 7) is 0. The van der Waals surface area contributed by atoms with E-state index in [2.05, 4.69) is 11.8 Å². The van der Waals surface area contributed by atoms with E-state index in [1.165, 1.54) is 0 Å². The van der Waals surface area contributed by atoms with Crippen LogP contribution in [0.5, 0.6) is 0 Å². The average molecular weight is 353 g/mol. The van der Waals surface area contributed by atoms with Crippen LogP contribution in [-0.2, 0) is 5.60 Å². The van der Waals surface area contributed by atoms with Crippen LogP contribution in [0.25, 0.3) is 0 Å². The zero-order chi connectivity index (χ0) is 17.0. The van der Waals surface area contributed by atoms with E-state index < -0.39 is 5.60 Å². The Bertz CT molecular complexity index is 828. The van der Waals surface area contributed by atoms with Gasteiger partial charge in [0.05, 0.1) is 0 Å². The quantitative estimate of drug-likeness (QED) is 0.622. The second kappa shape index (κ2) is 7.11. The van der Waals surface area contributed by atoms with Crippen LogP contribution in [0.1, 0.15) is 16.7 Å². The van der Waals surface area contributed by atoms with E-state index >= 15 is 0 Å². The van der Waals surface area contributed by atoms with E-state index in [4.69, 9.17) is 23.2 Å². The minimum absolute atomic E-state index is 0.605. The summed E-state index contributed by atoms with van der Waals surface area (Å²) in [7, 11) is 0. The highest BCUT2D eigenvalue weighted by atomic mass is 35.5. The molecular weight excluding hydrogens is 339 g/mol. The van der Waals surface area contributed by atoms with Gasteiger partial charge < -0.3 is 5.11 Å². The molecular formula is C21H14Cl2O. The van der Waals surface area contributed by atoms with Crippen LogP contribution < -0.4 is 0 Å². The lowest BCUT2D eigenvalue weighted by molar-refractivity contribution is 0.145. The number of halogens is 2. The number of hydrogen-bond donors (Lipinski definition) is 1. The summed E-state index contributed by atoms with van der Waals surface area (Å²) >= 11 is 11.9. The topological polar surface area (TPSA) is 20.2 Å². The van der Waals surface area contributed by atoms with Crippen molar-refractivity contribution < 1.29 is 5.11 Å². The number of aliphatic hydroxyl groups is 1. The minimum Gasteiger partial charge on any atom is -0.369 e. The Morgan fingerprint density at radius 3 is 1.58 bits per heavy atom. The molecule has 3 rings (SSSR count). The molecule has 0 unspecified atom stereocenters. The van der Waals surface area contributed by atoms with E-state index in [0.717, 1.165) is 5.56 Å². The fraction of sp³-hybridized carbons (Fsp3) is 0.0476. The number of hydrogen-bond acceptors (Lipinski definition) is 1. The molecule has 3 aromatic rings. The lowest BCUT2D eigenvalue weighted by atomic mass is 9.86. The Kier molecular flexibility index (Phi) is 4.92. The van der Waals surface area contributed by atoms with Crippen LogP contribution in [0.3, 0.4) is 0 Å². The second-order valence-corrected chi connectivity index (χ2v) is 6.21. The van der Waals surface area contributed by atoms with Gasteiger partial charge in [0, 0.05) is 26.7 Å². The molecule has 0 aliphatic carbocycles. The first kappa shape index (κ1) is 16.6. The SMILES string of the molecule is OC(C#Cc1ccccc1)(c1ccc(Cl)cc1)c1ccc(Cl)cc1. The summed E-state index contributed by atoms with van der Waals surface area (Å²) in [5, 5.41) is 12.5. The summed E-state index contributed by atoms with van der Waals surface area (Å²) in [4.78, 5) is 0. The highest BCUT2D eigenvalue weighted by Gasteiger charge is 2.29. The average Bonchev–Trinajstić information content (AvgIpc) is 2.62. The molecule has 0 radical (unpaired) electrons. The lowest BCUT2D eigenvalue weighted by Crippen LogP contribution is -2.25. The molecule has 0 aromatic heterocycles. The summed E-state index contributed by atoms with van der Waals surface area (Å²) in [5.74, 6) is 6.05. The molecule has 1 N–H and O–H groups in total. The van der Waals surface area contributed by atoms with E-state index in [0.29, 0.717) is 21.2 Å². The van der Waals surface area contributed by atoms with Crippen LogP contribution in [0, 0.1) is 11.8 Å². The van der Waals surface area contributed by atoms with Crippen molar-refractivity contribution in [1.29, 1.82) is 0 Å². The van der Waals surface area contributed by atoms with Crippen LogP contribution in [0.4, 0.5) is 0 Å². The van der Waals surface area contributed by atoms with E-state index in [9.17, 15) is 5.11 Å². The van der Waals surface area contributed by atoms with E-state index in [1.807, 2.05) is 30.3 Å². The normalized spacial score (nSPS) is 10.8. The molecule has 1 nitrogen and oxygen atoms in total. The maximum absolute atomic E-state index is 11.3. The molecule has 0 aliphatic rings. The second-order valence-electron chi connectivity index (χ2n) is 5.34. The predicted molar refractivity (Wildman–Crippen MR) is 99.2 cm³/mol. The Morgan fingerprint density at radius 2 is 1.12 bits per heavy atom. The molecule has 3 aromatic carbocycles. The van der Waals surface area contributed by atoms with Gasteiger partial charge in [-0.1, -0.05) is 77.5 Å². The van der Waals surface area contributed by atoms with Crippen LogP contribution in [-0.4, -0.2) is 5.11 Å². The predicted octanol–water partition coefficient (Wildman–Crippen LogP) is 5.28. The molecule has 0 saturated carbocycles. The van der Waals surface area contributed by atoms with Crippen LogP contribution >= 0.6 is 23.2 Å². The number of rotatable bonds is 2. The van der Waals surface area contributed by atoms with Crippen molar-refractivity contribution in [2.24, 2.45) is 0 Å². The van der Waals surface area contributed by atoms with Crippen LogP contribution in [0.2, 0.25) is 10.0 Å². The van der Waals surface area contributed by atoms with Crippen molar-refractivity contribution in [1.82, 2.24) is 0 Å². The zero-order valence-electron chi connectivity index (χ0n) is 12.7. The third-order valence-corrected chi connectivity index (χ3v) is 4.19. The fourth-order valence-corrected chi connectivity index (χ4v) is 2.63. The van der Waals surface area contributed by atoms with Crippen LogP contribution in [0.15, 0.2) is 78.9 Å². The van der Waals surface area contributed by atoms with Gasteiger partial charge in [-0.25, -0.2) is 0 Å². The Balaban J connectivity index is 2.12. The van der Waals surface area contributed by atoms with Crippen molar-refractivity contribution in [3.05, 3.63) is 106 Å². The standard InChI is InChI=1S/C21H14Cl2O/c22-19-10-6-17(7-11-19)21(24,18-8-12-20(23)13-9-18)15-14-16-4-2-1-3-5-16/h1-13,24H. The van der Waals surface area contributed by atoms with Gasteiger partial charge in [-0.2, -0.15) is 0 Å². The largest absolute Gasteiger partial charge is 0.369 e. The van der Waals surface area contributed by atoms with Gasteiger partial charge in [0.25, 0.3) is 0 Å². The fourth-order valence-electron chi connectivity index (χ4n) is 2.38. The first-order valence-corrected chi connectivity index (χ1v) is 8.16. The van der Waals surface area contributed by atoms with Crippen molar-refractivity contribution in [3.63, 3.8) is 0 Å². The zero-order valence-corrected chi connectivity index (χ0v) is 14.2. The van der Waals surface area contributed by atoms with Gasteiger partial charge in [-0.3, -0.25) is 0 Å². The molecule has 118 valence electrons. The van der Waals surface area contributed by atoms with Gasteiger partial charge >= 0.3 is 0 Å². The summed E-state index contributed by atoms with van der Waals surface area (Å²) in [6.07, 6.45) is 0. The molecule has 0 heterocycles. The molecule has 0 bridgehead atoms. The number of benzene rings is 3. The van der Waals surface area contributed by atoms with Gasteiger partial charge in [-0.15, -0.1) is 0 Å². The molecule has 3 heteroatoms. The first-order valence-electron chi connectivity index (χ1n) is 7.40. The molecule has 0 spiro atoms. The lowest BCUT2D eigenvalue weighted by Gasteiger charge is -2.23. The Labute approximate surface area is 151 Å². The summed E-state index contributed by atoms with van der Waals surface area (Å²) in [6, 6.07) is 23.6. The van der Waals surface area contributed by atoms with Gasteiger partial charge in [-0.05, 0) is 36.4 Å². The highest BCUT2D eigenvalue weighted by Crippen LogP contribution is 2.31. The van der Waals surface area contributed by atoms with E-state index in [1.54, 1.807) is 48.5 Å².